The van der Waals surface area contributed by atoms with Crippen molar-refractivity contribution in [1.82, 2.24) is 15.5 Å². The fourth-order valence-electron chi connectivity index (χ4n) is 2.04. The van der Waals surface area contributed by atoms with E-state index >= 15 is 0 Å². The molecule has 0 radical (unpaired) electrons. The lowest BCUT2D eigenvalue weighted by atomic mass is 10.1. The third-order valence-electron chi connectivity index (χ3n) is 3.08. The van der Waals surface area contributed by atoms with Gasteiger partial charge in [-0.3, -0.25) is 0 Å². The molecule has 0 bridgehead atoms. The van der Waals surface area contributed by atoms with Gasteiger partial charge in [-0.1, -0.05) is 17.3 Å². The lowest BCUT2D eigenvalue weighted by Crippen LogP contribution is -2.17. The molecule has 4 nitrogen and oxygen atoms in total. The third kappa shape index (κ3) is 3.53. The number of benzene rings is 1. The van der Waals surface area contributed by atoms with Crippen molar-refractivity contribution in [2.45, 2.75) is 13.0 Å². The van der Waals surface area contributed by atoms with Gasteiger partial charge in [0.05, 0.1) is 0 Å². The van der Waals surface area contributed by atoms with Crippen molar-refractivity contribution < 1.29 is 8.91 Å². The molecule has 2 aromatic heterocycles. The normalized spacial score (nSPS) is 10.9. The fraction of sp³-hybridized carbons (Fsp3) is 0.200. The standard InChI is InChI=1S/C15H14FN3OS/c16-13-4-3-11(8-12(13)14-2-1-7-21-14)9-17-6-5-15-18-10-20-19-15/h1-4,7-8,10,17H,5-6,9H2. The highest BCUT2D eigenvalue weighted by molar-refractivity contribution is 7.13. The molecule has 108 valence electrons. The smallest absolute Gasteiger partial charge is 0.213 e. The molecule has 3 aromatic rings. The van der Waals surface area contributed by atoms with Crippen molar-refractivity contribution in [2.75, 3.05) is 6.54 Å². The summed E-state index contributed by atoms with van der Waals surface area (Å²) in [6.07, 6.45) is 2.03. The van der Waals surface area contributed by atoms with Crippen LogP contribution in [0.5, 0.6) is 0 Å². The fourth-order valence-corrected chi connectivity index (χ4v) is 2.78. The minimum absolute atomic E-state index is 0.187. The maximum Gasteiger partial charge on any atom is 0.213 e. The lowest BCUT2D eigenvalue weighted by Gasteiger charge is -2.06. The van der Waals surface area contributed by atoms with Gasteiger partial charge in [0.25, 0.3) is 0 Å². The molecule has 0 amide bonds. The topological polar surface area (TPSA) is 51.0 Å². The van der Waals surface area contributed by atoms with E-state index in [1.54, 1.807) is 6.07 Å². The van der Waals surface area contributed by atoms with E-state index in [4.69, 9.17) is 0 Å². The van der Waals surface area contributed by atoms with Crippen LogP contribution in [-0.2, 0) is 13.0 Å². The molecule has 0 fully saturated rings. The van der Waals surface area contributed by atoms with Crippen molar-refractivity contribution >= 4 is 11.3 Å². The number of rotatable bonds is 6. The van der Waals surface area contributed by atoms with Gasteiger partial charge >= 0.3 is 0 Å². The monoisotopic (exact) mass is 303 g/mol. The van der Waals surface area contributed by atoms with Crippen LogP contribution in [0.4, 0.5) is 4.39 Å². The number of hydrogen-bond acceptors (Lipinski definition) is 5. The number of halogens is 1. The zero-order valence-corrected chi connectivity index (χ0v) is 12.1. The Morgan fingerprint density at radius 1 is 1.29 bits per heavy atom. The Labute approximate surface area is 125 Å². The molecule has 0 saturated carbocycles. The summed E-state index contributed by atoms with van der Waals surface area (Å²) >= 11 is 1.54. The molecule has 0 saturated heterocycles. The highest BCUT2D eigenvalue weighted by Gasteiger charge is 2.07. The largest absolute Gasteiger partial charge is 0.343 e. The van der Waals surface area contributed by atoms with E-state index in [2.05, 4.69) is 20.0 Å². The minimum Gasteiger partial charge on any atom is -0.343 e. The maximum absolute atomic E-state index is 13.9. The van der Waals surface area contributed by atoms with Gasteiger partial charge < -0.3 is 9.84 Å². The van der Waals surface area contributed by atoms with Crippen molar-refractivity contribution in [3.63, 3.8) is 0 Å². The molecule has 0 aliphatic carbocycles. The molecule has 1 N–H and O–H groups in total. The van der Waals surface area contributed by atoms with Crippen molar-refractivity contribution in [3.05, 3.63) is 59.3 Å². The minimum atomic E-state index is -0.187. The number of nitrogens with zero attached hydrogens (tertiary/aromatic N) is 2. The van der Waals surface area contributed by atoms with Gasteiger partial charge in [0.1, 0.15) is 5.82 Å². The van der Waals surface area contributed by atoms with Gasteiger partial charge in [-0.05, 0) is 29.1 Å². The Morgan fingerprint density at radius 3 is 3.00 bits per heavy atom. The van der Waals surface area contributed by atoms with Crippen LogP contribution in [-0.4, -0.2) is 16.7 Å². The summed E-state index contributed by atoms with van der Waals surface area (Å²) in [7, 11) is 0. The first-order valence-electron chi connectivity index (χ1n) is 6.61. The summed E-state index contributed by atoms with van der Waals surface area (Å²) in [6, 6.07) is 9.06. The number of thiophene rings is 1. The van der Waals surface area contributed by atoms with E-state index in [1.165, 1.54) is 23.8 Å². The van der Waals surface area contributed by atoms with Crippen LogP contribution in [0.25, 0.3) is 10.4 Å². The lowest BCUT2D eigenvalue weighted by molar-refractivity contribution is 0.409. The van der Waals surface area contributed by atoms with Gasteiger partial charge in [0, 0.05) is 30.0 Å². The van der Waals surface area contributed by atoms with Crippen LogP contribution in [0.1, 0.15) is 11.4 Å². The predicted molar refractivity (Wildman–Crippen MR) is 79.4 cm³/mol. The van der Waals surface area contributed by atoms with Gasteiger partial charge in [-0.2, -0.15) is 4.98 Å². The molecule has 0 atom stereocenters. The van der Waals surface area contributed by atoms with Crippen LogP contribution in [0, 0.1) is 5.82 Å². The molecule has 3 rings (SSSR count). The maximum atomic E-state index is 13.9. The van der Waals surface area contributed by atoms with Crippen molar-refractivity contribution in [2.24, 2.45) is 0 Å². The number of aromatic nitrogens is 2. The van der Waals surface area contributed by atoms with E-state index in [-0.39, 0.29) is 5.82 Å². The van der Waals surface area contributed by atoms with Crippen molar-refractivity contribution in [3.8, 4) is 10.4 Å². The molecule has 1 aromatic carbocycles. The van der Waals surface area contributed by atoms with E-state index in [0.717, 1.165) is 17.0 Å². The average molecular weight is 303 g/mol. The van der Waals surface area contributed by atoms with Crippen LogP contribution in [0.15, 0.2) is 46.6 Å². The zero-order valence-electron chi connectivity index (χ0n) is 11.3. The molecule has 6 heteroatoms. The summed E-state index contributed by atoms with van der Waals surface area (Å²) in [5.74, 6) is 0.494. The second-order valence-corrected chi connectivity index (χ2v) is 5.51. The second-order valence-electron chi connectivity index (χ2n) is 4.57. The van der Waals surface area contributed by atoms with Crippen LogP contribution >= 0.6 is 11.3 Å². The summed E-state index contributed by atoms with van der Waals surface area (Å²) in [5, 5.41) is 8.99. The average Bonchev–Trinajstić information content (AvgIpc) is 3.18. The first-order chi connectivity index (χ1) is 10.3. The zero-order chi connectivity index (χ0) is 14.5. The van der Waals surface area contributed by atoms with Crippen LogP contribution in [0.2, 0.25) is 0 Å². The first-order valence-corrected chi connectivity index (χ1v) is 7.49. The summed E-state index contributed by atoms with van der Waals surface area (Å²) in [6.45, 7) is 1.42. The molecule has 0 unspecified atom stereocenters. The van der Waals surface area contributed by atoms with E-state index in [0.29, 0.717) is 24.4 Å². The van der Waals surface area contributed by atoms with Gasteiger partial charge in [-0.15, -0.1) is 11.3 Å². The molecule has 0 aliphatic rings. The number of hydrogen-bond donors (Lipinski definition) is 1. The quantitative estimate of drug-likeness (QED) is 0.710. The third-order valence-corrected chi connectivity index (χ3v) is 3.98. The Bertz CT molecular complexity index is 683. The molecular formula is C15H14FN3OS. The number of nitrogens with one attached hydrogen (secondary N) is 1. The highest BCUT2D eigenvalue weighted by Crippen LogP contribution is 2.28. The molecule has 0 aliphatic heterocycles. The van der Waals surface area contributed by atoms with Gasteiger partial charge in [0.15, 0.2) is 5.82 Å². The molecule has 2 heterocycles. The Kier molecular flexibility index (Phi) is 4.37. The summed E-state index contributed by atoms with van der Waals surface area (Å²) in [4.78, 5) is 4.90. The van der Waals surface area contributed by atoms with Crippen molar-refractivity contribution in [1.29, 1.82) is 0 Å². The molecule has 0 spiro atoms. The summed E-state index contributed by atoms with van der Waals surface area (Å²) in [5.41, 5.74) is 1.70. The second kappa shape index (κ2) is 6.60. The van der Waals surface area contributed by atoms with E-state index < -0.39 is 0 Å². The Balaban J connectivity index is 1.60. The van der Waals surface area contributed by atoms with Gasteiger partial charge in [0.2, 0.25) is 6.39 Å². The van der Waals surface area contributed by atoms with E-state index in [1.807, 2.05) is 23.6 Å². The molecular weight excluding hydrogens is 289 g/mol. The predicted octanol–water partition coefficient (Wildman–Crippen LogP) is 3.27. The van der Waals surface area contributed by atoms with Crippen LogP contribution < -0.4 is 5.32 Å². The highest BCUT2D eigenvalue weighted by atomic mass is 32.1. The SMILES string of the molecule is Fc1ccc(CNCCc2ncon2)cc1-c1cccs1. The van der Waals surface area contributed by atoms with Gasteiger partial charge in [-0.25, -0.2) is 4.39 Å². The Morgan fingerprint density at radius 2 is 2.24 bits per heavy atom. The Hall–Kier alpha value is -2.05. The first kappa shape index (κ1) is 13.9. The summed E-state index contributed by atoms with van der Waals surface area (Å²) < 4.78 is 18.5. The van der Waals surface area contributed by atoms with Crippen LogP contribution in [0.3, 0.4) is 0 Å². The molecule has 21 heavy (non-hydrogen) atoms. The van der Waals surface area contributed by atoms with E-state index in [9.17, 15) is 4.39 Å².